The van der Waals surface area contributed by atoms with Gasteiger partial charge >= 0.3 is 12.4 Å². The van der Waals surface area contributed by atoms with Crippen LogP contribution in [-0.2, 0) is 32.0 Å². The molecule has 13 heteroatoms. The molecule has 0 radical (unpaired) electrons. The maximum atomic E-state index is 13.4. The summed E-state index contributed by atoms with van der Waals surface area (Å²) in [7, 11) is 0. The van der Waals surface area contributed by atoms with Gasteiger partial charge in [-0.15, -0.1) is 11.3 Å². The first-order valence-electron chi connectivity index (χ1n) is 14.5. The van der Waals surface area contributed by atoms with Gasteiger partial charge in [-0.2, -0.15) is 26.3 Å². The van der Waals surface area contributed by atoms with Crippen molar-refractivity contribution >= 4 is 22.7 Å². The third-order valence-electron chi connectivity index (χ3n) is 7.91. The van der Waals surface area contributed by atoms with E-state index in [4.69, 9.17) is 14.5 Å². The third kappa shape index (κ3) is 7.42. The molecule has 0 unspecified atom stereocenters. The molecule has 1 saturated heterocycles. The van der Waals surface area contributed by atoms with E-state index >= 15 is 0 Å². The fourth-order valence-electron chi connectivity index (χ4n) is 5.55. The van der Waals surface area contributed by atoms with Gasteiger partial charge in [-0.05, 0) is 47.5 Å². The van der Waals surface area contributed by atoms with Crippen LogP contribution in [0.1, 0.15) is 33.0 Å². The molecule has 6 nitrogen and oxygen atoms in total. The Hall–Kier alpha value is -4.23. The van der Waals surface area contributed by atoms with Crippen molar-refractivity contribution in [1.82, 2.24) is 14.8 Å². The molecule has 0 aliphatic carbocycles. The lowest BCUT2D eigenvalue weighted by Gasteiger charge is -2.38. The van der Waals surface area contributed by atoms with E-state index in [0.717, 1.165) is 22.7 Å². The zero-order chi connectivity index (χ0) is 32.5. The van der Waals surface area contributed by atoms with E-state index in [0.29, 0.717) is 73.4 Å². The summed E-state index contributed by atoms with van der Waals surface area (Å²) in [6, 6.07) is 16.2. The average molecular weight is 661 g/mol. The highest BCUT2D eigenvalue weighted by Gasteiger charge is 2.32. The number of aromatic nitrogens is 1. The molecule has 0 amide bonds. The summed E-state index contributed by atoms with van der Waals surface area (Å²) in [5, 5.41) is 2.67. The zero-order valence-corrected chi connectivity index (χ0v) is 25.4. The number of hydrogen-bond acceptors (Lipinski definition) is 7. The fraction of sp³-hybridized carbons (Fsp3) is 0.303. The van der Waals surface area contributed by atoms with E-state index in [2.05, 4.69) is 11.5 Å². The van der Waals surface area contributed by atoms with Gasteiger partial charge in [0.15, 0.2) is 11.5 Å². The standard InChI is InChI=1S/C33H30F6N4O2S/c1-22(42-10-12-43(13-11-42)27-7-3-6-26(16-27)33(37,38)39)28-20-46-31(40-28)19-41(17-23-4-2-5-25(14-23)32(34,35)36)18-24-8-9-29-30(15-24)45-21-44-29/h2-9,14-16,20H,1,10-13,17-19,21H2. The lowest BCUT2D eigenvalue weighted by atomic mass is 10.1. The molecule has 46 heavy (non-hydrogen) atoms. The van der Waals surface area contributed by atoms with Crippen LogP contribution in [0.4, 0.5) is 32.0 Å². The maximum Gasteiger partial charge on any atom is 0.416 e. The molecule has 4 aromatic rings. The van der Waals surface area contributed by atoms with Crippen LogP contribution in [0, 0.1) is 0 Å². The SMILES string of the molecule is C=C(c1csc(CN(Cc2cccc(C(F)(F)F)c2)Cc2ccc3c(c2)OCO3)n1)N1CCN(c2cccc(C(F)(F)F)c2)CC1. The van der Waals surface area contributed by atoms with Crippen molar-refractivity contribution in [3.63, 3.8) is 0 Å². The first-order chi connectivity index (χ1) is 21.9. The number of ether oxygens (including phenoxy) is 2. The number of piperazine rings is 1. The Bertz CT molecular complexity index is 1700. The monoisotopic (exact) mass is 660 g/mol. The lowest BCUT2D eigenvalue weighted by Crippen LogP contribution is -2.45. The van der Waals surface area contributed by atoms with E-state index < -0.39 is 23.5 Å². The second kappa shape index (κ2) is 12.9. The molecule has 0 bridgehead atoms. The van der Waals surface area contributed by atoms with E-state index in [1.165, 1.54) is 35.6 Å². The summed E-state index contributed by atoms with van der Waals surface area (Å²) in [5.74, 6) is 1.27. The molecule has 0 atom stereocenters. The maximum absolute atomic E-state index is 13.4. The van der Waals surface area contributed by atoms with Gasteiger partial charge in [-0.1, -0.05) is 36.9 Å². The smallest absolute Gasteiger partial charge is 0.416 e. The average Bonchev–Trinajstić information content (AvgIpc) is 3.70. The molecule has 0 N–H and O–H groups in total. The second-order valence-electron chi connectivity index (χ2n) is 11.1. The minimum atomic E-state index is -4.44. The number of fused-ring (bicyclic) bond motifs is 1. The molecule has 3 heterocycles. The van der Waals surface area contributed by atoms with E-state index in [1.807, 2.05) is 33.4 Å². The molecule has 6 rings (SSSR count). The molecule has 1 aromatic heterocycles. The molecule has 0 spiro atoms. The van der Waals surface area contributed by atoms with Gasteiger partial charge in [0.25, 0.3) is 0 Å². The van der Waals surface area contributed by atoms with Crippen LogP contribution in [0.15, 0.2) is 78.7 Å². The van der Waals surface area contributed by atoms with Crippen molar-refractivity contribution in [1.29, 1.82) is 0 Å². The van der Waals surface area contributed by atoms with Crippen LogP contribution in [-0.4, -0.2) is 47.8 Å². The minimum absolute atomic E-state index is 0.138. The summed E-state index contributed by atoms with van der Waals surface area (Å²) in [6.45, 7) is 7.63. The third-order valence-corrected chi connectivity index (χ3v) is 8.74. The van der Waals surface area contributed by atoms with Crippen LogP contribution in [0.2, 0.25) is 0 Å². The van der Waals surface area contributed by atoms with Crippen LogP contribution in [0.25, 0.3) is 5.70 Å². The molecule has 0 saturated carbocycles. The fourth-order valence-corrected chi connectivity index (χ4v) is 6.40. The van der Waals surface area contributed by atoms with E-state index in [-0.39, 0.29) is 13.3 Å². The first-order valence-corrected chi connectivity index (χ1v) is 15.4. The highest BCUT2D eigenvalue weighted by Crippen LogP contribution is 2.35. The summed E-state index contributed by atoms with van der Waals surface area (Å²) in [6.07, 6.45) is -8.84. The van der Waals surface area contributed by atoms with E-state index in [9.17, 15) is 26.3 Å². The van der Waals surface area contributed by atoms with Crippen molar-refractivity contribution in [3.8, 4) is 11.5 Å². The van der Waals surface area contributed by atoms with Gasteiger partial charge in [0.05, 0.1) is 29.1 Å². The highest BCUT2D eigenvalue weighted by molar-refractivity contribution is 7.09. The van der Waals surface area contributed by atoms with Crippen LogP contribution in [0.3, 0.4) is 0 Å². The number of thiazole rings is 1. The number of nitrogens with zero attached hydrogens (tertiary/aromatic N) is 4. The van der Waals surface area contributed by atoms with Crippen LogP contribution < -0.4 is 14.4 Å². The Kier molecular flexibility index (Phi) is 8.88. The largest absolute Gasteiger partial charge is 0.454 e. The van der Waals surface area contributed by atoms with E-state index in [1.54, 1.807) is 12.1 Å². The van der Waals surface area contributed by atoms with Gasteiger partial charge in [-0.25, -0.2) is 4.98 Å². The lowest BCUT2D eigenvalue weighted by molar-refractivity contribution is -0.138. The van der Waals surface area contributed by atoms with Crippen molar-refractivity contribution in [2.45, 2.75) is 32.0 Å². The highest BCUT2D eigenvalue weighted by atomic mass is 32.1. The predicted molar refractivity (Wildman–Crippen MR) is 163 cm³/mol. The number of alkyl halides is 6. The number of rotatable bonds is 9. The van der Waals surface area contributed by atoms with Gasteiger partial charge in [0, 0.05) is 50.3 Å². The Morgan fingerprint density at radius 2 is 1.43 bits per heavy atom. The van der Waals surface area contributed by atoms with Gasteiger partial charge in [0.2, 0.25) is 6.79 Å². The Morgan fingerprint density at radius 1 is 0.783 bits per heavy atom. The Morgan fingerprint density at radius 3 is 2.15 bits per heavy atom. The van der Waals surface area contributed by atoms with Gasteiger partial charge < -0.3 is 19.3 Å². The van der Waals surface area contributed by atoms with Crippen molar-refractivity contribution in [3.05, 3.63) is 112 Å². The Labute approximate surface area is 266 Å². The topological polar surface area (TPSA) is 41.1 Å². The number of hydrogen-bond donors (Lipinski definition) is 0. The van der Waals surface area contributed by atoms with Gasteiger partial charge in [0.1, 0.15) is 5.01 Å². The summed E-state index contributed by atoms with van der Waals surface area (Å²) in [5.41, 5.74) is 1.99. The molecule has 242 valence electrons. The predicted octanol–water partition coefficient (Wildman–Crippen LogP) is 7.90. The summed E-state index contributed by atoms with van der Waals surface area (Å²) < 4.78 is 90.8. The van der Waals surface area contributed by atoms with Crippen molar-refractivity contribution in [2.24, 2.45) is 0 Å². The molecule has 2 aliphatic rings. The quantitative estimate of drug-likeness (QED) is 0.170. The van der Waals surface area contributed by atoms with Crippen molar-refractivity contribution in [2.75, 3.05) is 37.9 Å². The molecular formula is C33H30F6N4O2S. The molecule has 3 aromatic carbocycles. The van der Waals surface area contributed by atoms with Crippen molar-refractivity contribution < 1.29 is 35.8 Å². The minimum Gasteiger partial charge on any atom is -0.454 e. The second-order valence-corrected chi connectivity index (χ2v) is 12.1. The normalized spacial score (nSPS) is 15.1. The Balaban J connectivity index is 1.13. The number of anilines is 1. The van der Waals surface area contributed by atoms with Gasteiger partial charge in [-0.3, -0.25) is 4.90 Å². The molecule has 2 aliphatic heterocycles. The number of benzene rings is 3. The number of halogens is 6. The van der Waals surface area contributed by atoms with Crippen LogP contribution >= 0.6 is 11.3 Å². The first kappa shape index (κ1) is 31.7. The summed E-state index contributed by atoms with van der Waals surface area (Å²) in [4.78, 5) is 10.8. The van der Waals surface area contributed by atoms with Crippen LogP contribution in [0.5, 0.6) is 11.5 Å². The molecular weight excluding hydrogens is 630 g/mol. The summed E-state index contributed by atoms with van der Waals surface area (Å²) >= 11 is 1.44. The molecule has 1 fully saturated rings. The zero-order valence-electron chi connectivity index (χ0n) is 24.6.